The van der Waals surface area contributed by atoms with Crippen LogP contribution in [0.1, 0.15) is 29.4 Å². The lowest BCUT2D eigenvalue weighted by Gasteiger charge is -2.32. The average Bonchev–Trinajstić information content (AvgIpc) is 2.71. The Hall–Kier alpha value is -2.83. The van der Waals surface area contributed by atoms with Gasteiger partial charge in [0.05, 0.1) is 5.92 Å². The first-order chi connectivity index (χ1) is 13.7. The van der Waals surface area contributed by atoms with Gasteiger partial charge in [-0.25, -0.2) is 0 Å². The van der Waals surface area contributed by atoms with Crippen LogP contribution >= 0.6 is 0 Å². The van der Waals surface area contributed by atoms with Crippen LogP contribution in [0.4, 0.5) is 0 Å². The maximum Gasteiger partial charge on any atom is 0.319 e. The third-order valence-electron chi connectivity index (χ3n) is 4.60. The summed E-state index contributed by atoms with van der Waals surface area (Å²) < 4.78 is 26.3. The molecule has 2 aromatic rings. The van der Waals surface area contributed by atoms with Gasteiger partial charge in [-0.2, -0.15) is 0 Å². The van der Waals surface area contributed by atoms with Gasteiger partial charge in [-0.05, 0) is 35.7 Å². The molecule has 0 saturated carbocycles. The second-order valence-corrected chi connectivity index (χ2v) is 6.40. The second kappa shape index (κ2) is 9.39. The summed E-state index contributed by atoms with van der Waals surface area (Å²) in [7, 11) is 3.12. The summed E-state index contributed by atoms with van der Waals surface area (Å²) in [4.78, 5) is 12.9. The Balaban J connectivity index is 1.90. The van der Waals surface area contributed by atoms with Crippen molar-refractivity contribution in [3.8, 4) is 17.2 Å². The number of hydrogen-bond acceptors (Lipinski definition) is 6. The average molecular weight is 384 g/mol. The molecule has 0 bridgehead atoms. The lowest BCUT2D eigenvalue weighted by atomic mass is 9.77. The van der Waals surface area contributed by atoms with Gasteiger partial charge >= 0.3 is 5.97 Å². The molecule has 0 aromatic heterocycles. The van der Waals surface area contributed by atoms with Crippen molar-refractivity contribution in [3.63, 3.8) is 0 Å². The molecule has 0 saturated heterocycles. The van der Waals surface area contributed by atoms with Gasteiger partial charge in [-0.15, -0.1) is 6.58 Å². The highest BCUT2D eigenvalue weighted by Gasteiger charge is 2.38. The van der Waals surface area contributed by atoms with E-state index in [1.165, 1.54) is 0 Å². The molecule has 2 atom stereocenters. The molecule has 1 heterocycles. The lowest BCUT2D eigenvalue weighted by molar-refractivity contribution is -0.138. The second-order valence-electron chi connectivity index (χ2n) is 6.40. The Bertz CT molecular complexity index is 814. The molecule has 3 rings (SSSR count). The van der Waals surface area contributed by atoms with E-state index in [1.54, 1.807) is 20.3 Å². The Labute approximate surface area is 164 Å². The molecule has 0 aliphatic carbocycles. The highest BCUT2D eigenvalue weighted by Crippen LogP contribution is 2.46. The lowest BCUT2D eigenvalue weighted by Crippen LogP contribution is -2.30. The molecule has 28 heavy (non-hydrogen) atoms. The zero-order valence-electron chi connectivity index (χ0n) is 16.1. The first-order valence-corrected chi connectivity index (χ1v) is 8.98. The summed E-state index contributed by atoms with van der Waals surface area (Å²) in [6, 6.07) is 12.9. The van der Waals surface area contributed by atoms with Crippen LogP contribution in [0.25, 0.3) is 0 Å². The molecular weight excluding hydrogens is 360 g/mol. The monoisotopic (exact) mass is 384 g/mol. The van der Waals surface area contributed by atoms with Crippen molar-refractivity contribution in [3.05, 3.63) is 66.2 Å². The zero-order chi connectivity index (χ0) is 19.9. The van der Waals surface area contributed by atoms with Gasteiger partial charge in [0, 0.05) is 26.2 Å². The van der Waals surface area contributed by atoms with E-state index in [0.717, 1.165) is 11.1 Å². The Morgan fingerprint density at radius 2 is 1.64 bits per heavy atom. The zero-order valence-corrected chi connectivity index (χ0v) is 16.1. The van der Waals surface area contributed by atoms with Crippen LogP contribution in [0.15, 0.2) is 55.1 Å². The topological polar surface area (TPSA) is 63.2 Å². The van der Waals surface area contributed by atoms with Gasteiger partial charge in [-0.1, -0.05) is 24.3 Å². The number of allylic oxidation sites excluding steroid dienone is 1. The first-order valence-electron chi connectivity index (χ1n) is 8.98. The summed E-state index contributed by atoms with van der Waals surface area (Å²) in [5.74, 6) is 0.985. The van der Waals surface area contributed by atoms with E-state index < -0.39 is 5.92 Å². The van der Waals surface area contributed by atoms with Crippen LogP contribution in [0, 0.1) is 0 Å². The molecule has 6 nitrogen and oxygen atoms in total. The van der Waals surface area contributed by atoms with E-state index >= 15 is 0 Å². The fourth-order valence-electron chi connectivity index (χ4n) is 3.35. The largest absolute Gasteiger partial charge is 0.468 e. The number of esters is 1. The smallest absolute Gasteiger partial charge is 0.319 e. The predicted octanol–water partition coefficient (Wildman–Crippen LogP) is 4.01. The van der Waals surface area contributed by atoms with Gasteiger partial charge in [-0.3, -0.25) is 4.79 Å². The number of methoxy groups -OCH3 is 2. The van der Waals surface area contributed by atoms with Crippen molar-refractivity contribution in [2.24, 2.45) is 0 Å². The molecule has 0 N–H and O–H groups in total. The van der Waals surface area contributed by atoms with Crippen LogP contribution in [0.2, 0.25) is 0 Å². The summed E-state index contributed by atoms with van der Waals surface area (Å²) in [5.41, 5.74) is 1.82. The van der Waals surface area contributed by atoms with Gasteiger partial charge < -0.3 is 23.7 Å². The molecule has 0 unspecified atom stereocenters. The first kappa shape index (κ1) is 19.9. The van der Waals surface area contributed by atoms with Gasteiger partial charge in [0.1, 0.15) is 17.2 Å². The van der Waals surface area contributed by atoms with E-state index in [4.69, 9.17) is 23.7 Å². The minimum atomic E-state index is -0.423. The highest BCUT2D eigenvalue weighted by atomic mass is 16.7. The summed E-state index contributed by atoms with van der Waals surface area (Å²) in [6.45, 7) is 4.16. The maximum absolute atomic E-state index is 12.9. The number of ether oxygens (including phenoxy) is 5. The summed E-state index contributed by atoms with van der Waals surface area (Å²) in [5, 5.41) is 0. The van der Waals surface area contributed by atoms with E-state index in [1.807, 2.05) is 42.5 Å². The fourth-order valence-corrected chi connectivity index (χ4v) is 3.35. The molecule has 0 radical (unpaired) electrons. The number of rotatable bonds is 9. The minimum Gasteiger partial charge on any atom is -0.468 e. The summed E-state index contributed by atoms with van der Waals surface area (Å²) in [6.07, 6.45) is 2.47. The quantitative estimate of drug-likeness (QED) is 0.282. The maximum atomic E-state index is 12.9. The van der Waals surface area contributed by atoms with Crippen molar-refractivity contribution in [2.75, 3.05) is 27.8 Å². The Kier molecular flexibility index (Phi) is 6.68. The van der Waals surface area contributed by atoms with Gasteiger partial charge in [0.25, 0.3) is 0 Å². The van der Waals surface area contributed by atoms with Crippen LogP contribution in [0.3, 0.4) is 0 Å². The van der Waals surface area contributed by atoms with Crippen LogP contribution in [-0.4, -0.2) is 33.8 Å². The van der Waals surface area contributed by atoms with Crippen LogP contribution in [0.5, 0.6) is 17.2 Å². The standard InChI is InChI=1S/C22H24O6/c1-4-5-19-18-11-10-17(27-14-25-3)12-20(18)28-22(23)21(19)15-6-8-16(9-7-15)26-13-24-2/h4,6-12,19,21H,1,5,13-14H2,2-3H3/t19-,21-/m1/s1. The molecule has 6 heteroatoms. The number of fused-ring (bicyclic) bond motifs is 1. The van der Waals surface area contributed by atoms with Crippen molar-refractivity contribution >= 4 is 5.97 Å². The molecule has 1 aliphatic heterocycles. The molecule has 148 valence electrons. The van der Waals surface area contributed by atoms with Gasteiger partial charge in [0.2, 0.25) is 0 Å². The molecule has 0 fully saturated rings. The molecule has 1 aliphatic rings. The number of carbonyl (C=O) groups excluding carboxylic acids is 1. The number of hydrogen-bond donors (Lipinski definition) is 0. The molecular formula is C22H24O6. The molecule has 0 amide bonds. The number of benzene rings is 2. The Morgan fingerprint density at radius 3 is 2.29 bits per heavy atom. The van der Waals surface area contributed by atoms with Crippen molar-refractivity contribution in [1.29, 1.82) is 0 Å². The van der Waals surface area contributed by atoms with Crippen LogP contribution < -0.4 is 14.2 Å². The summed E-state index contributed by atoms with van der Waals surface area (Å²) >= 11 is 0. The van der Waals surface area contributed by atoms with Crippen molar-refractivity contribution < 1.29 is 28.5 Å². The van der Waals surface area contributed by atoms with Crippen molar-refractivity contribution in [2.45, 2.75) is 18.3 Å². The van der Waals surface area contributed by atoms with E-state index in [0.29, 0.717) is 23.7 Å². The number of carbonyl (C=O) groups is 1. The minimum absolute atomic E-state index is 0.0732. The third kappa shape index (κ3) is 4.35. The molecule has 0 spiro atoms. The normalized spacial score (nSPS) is 18.1. The van der Waals surface area contributed by atoms with Crippen molar-refractivity contribution in [1.82, 2.24) is 0 Å². The molecule has 2 aromatic carbocycles. The van der Waals surface area contributed by atoms with E-state index in [2.05, 4.69) is 6.58 Å². The van der Waals surface area contributed by atoms with E-state index in [-0.39, 0.29) is 25.5 Å². The van der Waals surface area contributed by atoms with Gasteiger partial charge in [0.15, 0.2) is 13.6 Å². The SMILES string of the molecule is C=CC[C@@H]1c2ccc(OCOC)cc2OC(=O)[C@@H]1c1ccc(OCOC)cc1. The highest BCUT2D eigenvalue weighted by molar-refractivity contribution is 5.84. The van der Waals surface area contributed by atoms with E-state index in [9.17, 15) is 4.79 Å². The third-order valence-corrected chi connectivity index (χ3v) is 4.60. The Morgan fingerprint density at radius 1 is 1.00 bits per heavy atom. The van der Waals surface area contributed by atoms with Crippen LogP contribution in [-0.2, 0) is 14.3 Å². The fraction of sp³-hybridized carbons (Fsp3) is 0.318. The predicted molar refractivity (Wildman–Crippen MR) is 104 cm³/mol.